The Morgan fingerprint density at radius 3 is 2.61 bits per heavy atom. The Hall–Kier alpha value is -3.71. The van der Waals surface area contributed by atoms with Crippen LogP contribution in [0.3, 0.4) is 0 Å². The molecule has 1 N–H and O–H groups in total. The Morgan fingerprint density at radius 2 is 1.86 bits per heavy atom. The summed E-state index contributed by atoms with van der Waals surface area (Å²) in [7, 11) is 0. The molecule has 0 aliphatic rings. The molecule has 0 spiro atoms. The Kier molecular flexibility index (Phi) is 4.50. The maximum atomic E-state index is 12.3. The largest absolute Gasteiger partial charge is 0.436 e. The second kappa shape index (κ2) is 7.13. The van der Waals surface area contributed by atoms with Crippen molar-refractivity contribution < 1.29 is 14.1 Å². The molecule has 8 heteroatoms. The molecule has 0 saturated carbocycles. The van der Waals surface area contributed by atoms with Crippen LogP contribution in [-0.2, 0) is 0 Å². The van der Waals surface area contributed by atoms with E-state index in [0.717, 1.165) is 5.56 Å². The van der Waals surface area contributed by atoms with E-state index in [1.807, 2.05) is 0 Å². The van der Waals surface area contributed by atoms with E-state index < -0.39 is 10.8 Å². The molecule has 0 fully saturated rings. The molecule has 3 aromatic carbocycles. The lowest BCUT2D eigenvalue weighted by Crippen LogP contribution is -2.11. The number of anilines is 1. The maximum Gasteiger partial charge on any atom is 0.270 e. The minimum atomic E-state index is -0.543. The van der Waals surface area contributed by atoms with Gasteiger partial charge in [0.1, 0.15) is 5.52 Å². The third kappa shape index (κ3) is 3.56. The number of rotatable bonds is 4. The summed E-state index contributed by atoms with van der Waals surface area (Å²) in [6, 6.07) is 17.7. The predicted molar refractivity (Wildman–Crippen MR) is 106 cm³/mol. The Balaban J connectivity index is 1.53. The number of hydrogen-bond donors (Lipinski definition) is 1. The number of benzene rings is 3. The summed E-state index contributed by atoms with van der Waals surface area (Å²) in [5, 5.41) is 14.1. The molecular formula is C20H12ClN3O4. The molecule has 1 aromatic heterocycles. The van der Waals surface area contributed by atoms with Crippen molar-refractivity contribution in [2.24, 2.45) is 0 Å². The Bertz CT molecular complexity index is 1200. The molecule has 4 aromatic rings. The number of carbonyl (C=O) groups excluding carboxylic acids is 1. The molecule has 28 heavy (non-hydrogen) atoms. The van der Waals surface area contributed by atoms with Crippen LogP contribution in [0.2, 0.25) is 5.02 Å². The second-order valence-electron chi connectivity index (χ2n) is 5.97. The molecule has 0 atom stereocenters. The van der Waals surface area contributed by atoms with Gasteiger partial charge in [-0.25, -0.2) is 4.98 Å². The van der Waals surface area contributed by atoms with Crippen LogP contribution in [0.15, 0.2) is 71.1 Å². The monoisotopic (exact) mass is 393 g/mol. The van der Waals surface area contributed by atoms with Crippen LogP contribution in [-0.4, -0.2) is 15.8 Å². The van der Waals surface area contributed by atoms with Gasteiger partial charge < -0.3 is 9.73 Å². The summed E-state index contributed by atoms with van der Waals surface area (Å²) in [5.41, 5.74) is 2.63. The first kappa shape index (κ1) is 17.7. The zero-order valence-corrected chi connectivity index (χ0v) is 15.0. The molecule has 0 aliphatic carbocycles. The molecular weight excluding hydrogens is 382 g/mol. The third-order valence-corrected chi connectivity index (χ3v) is 4.29. The van der Waals surface area contributed by atoms with Crippen molar-refractivity contribution in [1.82, 2.24) is 4.98 Å². The average molecular weight is 394 g/mol. The van der Waals surface area contributed by atoms with Crippen LogP contribution in [0.25, 0.3) is 22.6 Å². The topological polar surface area (TPSA) is 98.3 Å². The lowest BCUT2D eigenvalue weighted by Gasteiger charge is -2.05. The highest BCUT2D eigenvalue weighted by Crippen LogP contribution is 2.27. The number of nitrogens with one attached hydrogen (secondary N) is 1. The zero-order chi connectivity index (χ0) is 19.7. The fourth-order valence-electron chi connectivity index (χ4n) is 2.68. The van der Waals surface area contributed by atoms with Crippen molar-refractivity contribution in [3.63, 3.8) is 0 Å². The molecule has 7 nitrogen and oxygen atoms in total. The summed E-state index contributed by atoms with van der Waals surface area (Å²) in [6.45, 7) is 0. The van der Waals surface area contributed by atoms with Crippen LogP contribution in [0.4, 0.5) is 11.4 Å². The summed E-state index contributed by atoms with van der Waals surface area (Å²) in [6.07, 6.45) is 0. The lowest BCUT2D eigenvalue weighted by atomic mass is 10.1. The van der Waals surface area contributed by atoms with Crippen molar-refractivity contribution in [3.8, 4) is 11.5 Å². The maximum absolute atomic E-state index is 12.3. The van der Waals surface area contributed by atoms with E-state index in [-0.39, 0.29) is 11.3 Å². The smallest absolute Gasteiger partial charge is 0.270 e. The quantitative estimate of drug-likeness (QED) is 0.374. The van der Waals surface area contributed by atoms with E-state index in [0.29, 0.717) is 27.7 Å². The van der Waals surface area contributed by atoms with Crippen LogP contribution >= 0.6 is 11.6 Å². The predicted octanol–water partition coefficient (Wildman–Crippen LogP) is 5.31. The number of nitro benzene ring substituents is 1. The van der Waals surface area contributed by atoms with Gasteiger partial charge in [0.2, 0.25) is 5.89 Å². The average Bonchev–Trinajstić information content (AvgIpc) is 3.11. The second-order valence-corrected chi connectivity index (χ2v) is 6.41. The minimum absolute atomic E-state index is 0.140. The first-order valence-electron chi connectivity index (χ1n) is 8.22. The van der Waals surface area contributed by atoms with E-state index in [4.69, 9.17) is 16.0 Å². The van der Waals surface area contributed by atoms with E-state index in [2.05, 4.69) is 10.3 Å². The first-order chi connectivity index (χ1) is 13.5. The molecule has 0 radical (unpaired) electrons. The van der Waals surface area contributed by atoms with Gasteiger partial charge in [0.05, 0.1) is 4.92 Å². The number of non-ortho nitro benzene ring substituents is 1. The SMILES string of the molecule is O=C(Nc1ccc(-c2nc3cc(Cl)ccc3o2)cc1)c1cccc([N+](=O)[O-])c1. The highest BCUT2D eigenvalue weighted by molar-refractivity contribution is 6.31. The fourth-order valence-corrected chi connectivity index (χ4v) is 2.85. The molecule has 0 unspecified atom stereocenters. The number of oxazole rings is 1. The van der Waals surface area contributed by atoms with E-state index in [1.54, 1.807) is 42.5 Å². The van der Waals surface area contributed by atoms with E-state index in [1.165, 1.54) is 24.3 Å². The minimum Gasteiger partial charge on any atom is -0.436 e. The van der Waals surface area contributed by atoms with Gasteiger partial charge in [-0.15, -0.1) is 0 Å². The van der Waals surface area contributed by atoms with Crippen LogP contribution in [0.1, 0.15) is 10.4 Å². The number of carbonyl (C=O) groups is 1. The van der Waals surface area contributed by atoms with E-state index in [9.17, 15) is 14.9 Å². The van der Waals surface area contributed by atoms with Crippen molar-refractivity contribution >= 4 is 40.0 Å². The number of fused-ring (bicyclic) bond motifs is 1. The summed E-state index contributed by atoms with van der Waals surface area (Å²) in [5.74, 6) is 0.00165. The molecule has 1 heterocycles. The third-order valence-electron chi connectivity index (χ3n) is 4.06. The summed E-state index contributed by atoms with van der Waals surface area (Å²) >= 11 is 5.96. The van der Waals surface area contributed by atoms with Crippen LogP contribution < -0.4 is 5.32 Å². The standard InChI is InChI=1S/C20H12ClN3O4/c21-14-6-9-18-17(11-14)23-20(28-18)12-4-7-15(8-5-12)22-19(25)13-2-1-3-16(10-13)24(26)27/h1-11H,(H,22,25). The normalized spacial score (nSPS) is 10.8. The molecule has 4 rings (SSSR count). The lowest BCUT2D eigenvalue weighted by molar-refractivity contribution is -0.384. The molecule has 0 saturated heterocycles. The zero-order valence-electron chi connectivity index (χ0n) is 14.3. The Morgan fingerprint density at radius 1 is 1.07 bits per heavy atom. The Labute approximate surface area is 163 Å². The highest BCUT2D eigenvalue weighted by atomic mass is 35.5. The van der Waals surface area contributed by atoms with E-state index >= 15 is 0 Å². The molecule has 0 bridgehead atoms. The van der Waals surface area contributed by atoms with Gasteiger partial charge in [-0.3, -0.25) is 14.9 Å². The van der Waals surface area contributed by atoms with Gasteiger partial charge in [-0.05, 0) is 48.5 Å². The number of halogens is 1. The van der Waals surface area contributed by atoms with Crippen molar-refractivity contribution in [2.45, 2.75) is 0 Å². The van der Waals surface area contributed by atoms with Crippen molar-refractivity contribution in [3.05, 3.63) is 87.4 Å². The number of hydrogen-bond acceptors (Lipinski definition) is 5. The van der Waals surface area contributed by atoms with Crippen molar-refractivity contribution in [2.75, 3.05) is 5.32 Å². The van der Waals surface area contributed by atoms with Crippen LogP contribution in [0, 0.1) is 10.1 Å². The fraction of sp³-hybridized carbons (Fsp3) is 0. The van der Waals surface area contributed by atoms with Gasteiger partial charge in [-0.2, -0.15) is 0 Å². The number of aromatic nitrogens is 1. The molecule has 138 valence electrons. The van der Waals surface area contributed by atoms with Crippen molar-refractivity contribution in [1.29, 1.82) is 0 Å². The van der Waals surface area contributed by atoms with Gasteiger partial charge in [-0.1, -0.05) is 17.7 Å². The van der Waals surface area contributed by atoms with Gasteiger partial charge in [0, 0.05) is 34.0 Å². The molecule has 1 amide bonds. The van der Waals surface area contributed by atoms with Gasteiger partial charge >= 0.3 is 0 Å². The number of amides is 1. The number of nitro groups is 1. The summed E-state index contributed by atoms with van der Waals surface area (Å²) in [4.78, 5) is 27.0. The van der Waals surface area contributed by atoms with Gasteiger partial charge in [0.25, 0.3) is 11.6 Å². The summed E-state index contributed by atoms with van der Waals surface area (Å²) < 4.78 is 5.71. The first-order valence-corrected chi connectivity index (χ1v) is 8.60. The highest BCUT2D eigenvalue weighted by Gasteiger charge is 2.13. The number of nitrogens with zero attached hydrogens (tertiary/aromatic N) is 2. The van der Waals surface area contributed by atoms with Gasteiger partial charge in [0.15, 0.2) is 5.58 Å². The van der Waals surface area contributed by atoms with Crippen LogP contribution in [0.5, 0.6) is 0 Å². The molecule has 0 aliphatic heterocycles.